The Kier molecular flexibility index (Phi) is 4.27. The Hall–Kier alpha value is -3.00. The van der Waals surface area contributed by atoms with Crippen LogP contribution in [0.5, 0.6) is 0 Å². The molecule has 0 bridgehead atoms. The summed E-state index contributed by atoms with van der Waals surface area (Å²) in [5.41, 5.74) is 2.21. The molecule has 1 aromatic carbocycles. The van der Waals surface area contributed by atoms with Gasteiger partial charge in [-0.1, -0.05) is 26.0 Å². The minimum atomic E-state index is -0.277. The molecular weight excluding hydrogens is 362 g/mol. The Balaban J connectivity index is 1.70. The van der Waals surface area contributed by atoms with Gasteiger partial charge in [0.2, 0.25) is 0 Å². The van der Waals surface area contributed by atoms with E-state index in [0.717, 1.165) is 11.0 Å². The number of carbonyl (C=O) groups excluding carboxylic acids is 1. The second kappa shape index (κ2) is 6.62. The number of para-hydroxylation sites is 2. The highest BCUT2D eigenvalue weighted by Crippen LogP contribution is 2.28. The van der Waals surface area contributed by atoms with Crippen molar-refractivity contribution in [2.75, 3.05) is 0 Å². The first-order valence-corrected chi connectivity index (χ1v) is 9.49. The molecule has 1 atom stereocenters. The molecule has 3 heterocycles. The number of H-pyrrole nitrogens is 2. The number of aromatic nitrogens is 4. The Morgan fingerprint density at radius 1 is 1.26 bits per heavy atom. The molecule has 7 nitrogen and oxygen atoms in total. The van der Waals surface area contributed by atoms with Crippen molar-refractivity contribution in [2.24, 2.45) is 5.92 Å². The molecule has 0 saturated heterocycles. The molecule has 0 aliphatic rings. The van der Waals surface area contributed by atoms with Gasteiger partial charge in [0.1, 0.15) is 10.7 Å². The van der Waals surface area contributed by atoms with Crippen molar-refractivity contribution in [3.05, 3.63) is 57.2 Å². The van der Waals surface area contributed by atoms with Crippen LogP contribution in [0, 0.1) is 12.8 Å². The monoisotopic (exact) mass is 381 g/mol. The highest BCUT2D eigenvalue weighted by atomic mass is 32.1. The summed E-state index contributed by atoms with van der Waals surface area (Å²) in [6.45, 7) is 5.83. The number of fused-ring (bicyclic) bond motifs is 2. The molecule has 0 radical (unpaired) electrons. The Morgan fingerprint density at radius 2 is 2.04 bits per heavy atom. The van der Waals surface area contributed by atoms with Gasteiger partial charge in [-0.2, -0.15) is 0 Å². The Morgan fingerprint density at radius 3 is 2.74 bits per heavy atom. The number of imidazole rings is 1. The first-order chi connectivity index (χ1) is 13.0. The molecule has 0 saturated carbocycles. The molecule has 4 rings (SSSR count). The largest absolute Gasteiger partial charge is 0.341 e. The summed E-state index contributed by atoms with van der Waals surface area (Å²) >= 11 is 1.23. The number of thiophene rings is 1. The van der Waals surface area contributed by atoms with Crippen LogP contribution in [0.2, 0.25) is 0 Å². The van der Waals surface area contributed by atoms with E-state index in [4.69, 9.17) is 0 Å². The maximum Gasteiger partial charge on any atom is 0.262 e. The van der Waals surface area contributed by atoms with Crippen LogP contribution < -0.4 is 10.9 Å². The fourth-order valence-electron chi connectivity index (χ4n) is 3.17. The molecule has 8 heteroatoms. The number of nitrogens with zero attached hydrogens (tertiary/aromatic N) is 2. The maximum atomic E-state index is 13.0. The molecule has 0 aliphatic heterocycles. The molecule has 0 aliphatic carbocycles. The SMILES string of the molecule is Cc1c(C(=O)N[C@@H](c2nc3ccccc3[nH]2)C(C)C)sc2nc[nH]c(=O)c12. The molecule has 0 fully saturated rings. The van der Waals surface area contributed by atoms with Crippen LogP contribution >= 0.6 is 11.3 Å². The van der Waals surface area contributed by atoms with Gasteiger partial charge >= 0.3 is 0 Å². The van der Waals surface area contributed by atoms with Crippen molar-refractivity contribution in [1.82, 2.24) is 25.3 Å². The molecule has 27 heavy (non-hydrogen) atoms. The quantitative estimate of drug-likeness (QED) is 0.504. The zero-order valence-corrected chi connectivity index (χ0v) is 16.0. The summed E-state index contributed by atoms with van der Waals surface area (Å²) < 4.78 is 0. The van der Waals surface area contributed by atoms with Crippen LogP contribution in [-0.4, -0.2) is 25.8 Å². The van der Waals surface area contributed by atoms with Gasteiger partial charge in [0.05, 0.1) is 33.7 Å². The van der Waals surface area contributed by atoms with Crippen molar-refractivity contribution in [2.45, 2.75) is 26.8 Å². The molecule has 0 unspecified atom stereocenters. The van der Waals surface area contributed by atoms with E-state index >= 15 is 0 Å². The van der Waals surface area contributed by atoms with Crippen molar-refractivity contribution < 1.29 is 4.79 Å². The van der Waals surface area contributed by atoms with Crippen LogP contribution in [0.1, 0.15) is 40.9 Å². The molecule has 1 amide bonds. The second-order valence-corrected chi connectivity index (χ2v) is 7.80. The lowest BCUT2D eigenvalue weighted by molar-refractivity contribution is 0.0927. The summed E-state index contributed by atoms with van der Waals surface area (Å²) in [6.07, 6.45) is 1.35. The lowest BCUT2D eigenvalue weighted by atomic mass is 10.0. The highest BCUT2D eigenvalue weighted by molar-refractivity contribution is 7.20. The molecule has 3 N–H and O–H groups in total. The molecule has 0 spiro atoms. The molecule has 138 valence electrons. The third-order valence-corrected chi connectivity index (χ3v) is 5.79. The molecule has 4 aromatic rings. The van der Waals surface area contributed by atoms with Gasteiger partial charge < -0.3 is 15.3 Å². The fourth-order valence-corrected chi connectivity index (χ4v) is 4.23. The minimum Gasteiger partial charge on any atom is -0.341 e. The van der Waals surface area contributed by atoms with E-state index in [2.05, 4.69) is 25.3 Å². The lowest BCUT2D eigenvalue weighted by Crippen LogP contribution is -2.32. The highest BCUT2D eigenvalue weighted by Gasteiger charge is 2.25. The number of rotatable bonds is 4. The van der Waals surface area contributed by atoms with E-state index in [1.165, 1.54) is 17.7 Å². The van der Waals surface area contributed by atoms with Gasteiger partial charge in [-0.15, -0.1) is 11.3 Å². The maximum absolute atomic E-state index is 13.0. The van der Waals surface area contributed by atoms with E-state index in [9.17, 15) is 9.59 Å². The van der Waals surface area contributed by atoms with Crippen molar-refractivity contribution in [3.8, 4) is 0 Å². The van der Waals surface area contributed by atoms with Crippen LogP contribution in [0.25, 0.3) is 21.3 Å². The Bertz CT molecular complexity index is 1170. The van der Waals surface area contributed by atoms with E-state index in [1.54, 1.807) is 6.92 Å². The predicted octanol–water partition coefficient (Wildman–Crippen LogP) is 3.30. The fraction of sp³-hybridized carbons (Fsp3) is 0.263. The summed E-state index contributed by atoms with van der Waals surface area (Å²) in [7, 11) is 0. The van der Waals surface area contributed by atoms with Crippen LogP contribution in [0.4, 0.5) is 0 Å². The summed E-state index contributed by atoms with van der Waals surface area (Å²) in [6, 6.07) is 7.49. The van der Waals surface area contributed by atoms with Gasteiger partial charge in [-0.25, -0.2) is 9.97 Å². The normalized spacial score (nSPS) is 12.7. The summed E-state index contributed by atoms with van der Waals surface area (Å²) in [4.78, 5) is 40.7. The first-order valence-electron chi connectivity index (χ1n) is 8.68. The average Bonchev–Trinajstić information content (AvgIpc) is 3.21. The Labute approximate surface area is 158 Å². The second-order valence-electron chi connectivity index (χ2n) is 6.80. The standard InChI is InChI=1S/C19H19N5O2S/c1-9(2)14(16-22-11-6-4-5-7-12(11)23-16)24-18(26)15-10(3)13-17(25)20-8-21-19(13)27-15/h4-9,14H,1-3H3,(H,22,23)(H,24,26)(H,20,21,25)/t14-/m1/s1. The third-order valence-electron chi connectivity index (χ3n) is 4.59. The summed E-state index contributed by atoms with van der Waals surface area (Å²) in [5.74, 6) is 0.620. The molecular formula is C19H19N5O2S. The predicted molar refractivity (Wildman–Crippen MR) is 106 cm³/mol. The third kappa shape index (κ3) is 3.02. The number of hydrogen-bond donors (Lipinski definition) is 3. The number of hydrogen-bond acceptors (Lipinski definition) is 5. The van der Waals surface area contributed by atoms with E-state index < -0.39 is 0 Å². The number of nitrogens with one attached hydrogen (secondary N) is 3. The van der Waals surface area contributed by atoms with Gasteiger partial charge in [0.15, 0.2) is 0 Å². The smallest absolute Gasteiger partial charge is 0.262 e. The van der Waals surface area contributed by atoms with Crippen molar-refractivity contribution in [1.29, 1.82) is 0 Å². The molecule has 3 aromatic heterocycles. The van der Waals surface area contributed by atoms with Crippen LogP contribution in [-0.2, 0) is 0 Å². The number of benzene rings is 1. The van der Waals surface area contributed by atoms with Gasteiger partial charge in [-0.05, 0) is 30.5 Å². The average molecular weight is 381 g/mol. The number of aryl methyl sites for hydroxylation is 1. The number of amides is 1. The van der Waals surface area contributed by atoms with E-state index in [1.807, 2.05) is 38.1 Å². The minimum absolute atomic E-state index is 0.130. The topological polar surface area (TPSA) is 104 Å². The van der Waals surface area contributed by atoms with Crippen LogP contribution in [0.3, 0.4) is 0 Å². The number of carbonyl (C=O) groups is 1. The van der Waals surface area contributed by atoms with E-state index in [-0.39, 0.29) is 23.4 Å². The van der Waals surface area contributed by atoms with E-state index in [0.29, 0.717) is 26.5 Å². The lowest BCUT2D eigenvalue weighted by Gasteiger charge is -2.20. The zero-order valence-electron chi connectivity index (χ0n) is 15.2. The van der Waals surface area contributed by atoms with Crippen LogP contribution in [0.15, 0.2) is 35.4 Å². The van der Waals surface area contributed by atoms with Crippen molar-refractivity contribution in [3.63, 3.8) is 0 Å². The summed E-state index contributed by atoms with van der Waals surface area (Å²) in [5, 5.41) is 3.54. The van der Waals surface area contributed by atoms with Gasteiger partial charge in [0, 0.05) is 0 Å². The van der Waals surface area contributed by atoms with Gasteiger partial charge in [0.25, 0.3) is 11.5 Å². The number of aromatic amines is 2. The first kappa shape index (κ1) is 17.4. The van der Waals surface area contributed by atoms with Crippen molar-refractivity contribution >= 4 is 38.5 Å². The van der Waals surface area contributed by atoms with Gasteiger partial charge in [-0.3, -0.25) is 9.59 Å². The zero-order chi connectivity index (χ0) is 19.1.